The van der Waals surface area contributed by atoms with E-state index in [0.29, 0.717) is 24.2 Å². The number of nitrogens with zero attached hydrogens (tertiary/aromatic N) is 1. The normalized spacial score (nSPS) is 15.8. The van der Waals surface area contributed by atoms with Crippen LogP contribution in [0.3, 0.4) is 0 Å². The molecule has 0 bridgehead atoms. The molecule has 0 saturated carbocycles. The van der Waals surface area contributed by atoms with Crippen LogP contribution in [0.4, 0.5) is 13.2 Å². The summed E-state index contributed by atoms with van der Waals surface area (Å²) in [7, 11) is 0. The number of hydrogen-bond acceptors (Lipinski definition) is 5. The van der Waals surface area contributed by atoms with Crippen LogP contribution in [0.15, 0.2) is 42.5 Å². The third-order valence-electron chi connectivity index (χ3n) is 4.29. The van der Waals surface area contributed by atoms with E-state index in [1.807, 2.05) is 0 Å². The Morgan fingerprint density at radius 1 is 0.964 bits per heavy atom. The molecule has 0 unspecified atom stereocenters. The van der Waals surface area contributed by atoms with Crippen LogP contribution < -0.4 is 10.1 Å². The molecule has 156 valence electrons. The minimum Gasteiger partial charge on any atom is -0.504 e. The number of nitrogens with one attached hydrogen (secondary N) is 1. The maximum atomic E-state index is 12.4. The Morgan fingerprint density at radius 2 is 1.57 bits per heavy atom. The van der Waals surface area contributed by atoms with Crippen LogP contribution in [0.5, 0.6) is 17.2 Å². The van der Waals surface area contributed by atoms with E-state index in [0.717, 1.165) is 13.1 Å². The molecule has 0 radical (unpaired) electrons. The van der Waals surface area contributed by atoms with Crippen molar-refractivity contribution >= 4 is 24.8 Å². The molecule has 0 aliphatic carbocycles. The summed E-state index contributed by atoms with van der Waals surface area (Å²) < 4.78 is 41.0. The number of phenolic OH excluding ortho intramolecular Hbond substituents is 2. The first-order chi connectivity index (χ1) is 12.3. The maximum absolute atomic E-state index is 12.4. The molecular formula is C18H21Cl2F3N2O3. The summed E-state index contributed by atoms with van der Waals surface area (Å²) in [5.74, 6) is -0.772. The zero-order valence-electron chi connectivity index (χ0n) is 14.6. The first kappa shape index (κ1) is 24.2. The number of para-hydroxylation sites is 1. The van der Waals surface area contributed by atoms with E-state index < -0.39 is 12.4 Å². The lowest BCUT2D eigenvalue weighted by Gasteiger charge is -2.36. The van der Waals surface area contributed by atoms with Crippen LogP contribution in [0.25, 0.3) is 0 Å². The van der Waals surface area contributed by atoms with Gasteiger partial charge in [0.2, 0.25) is 0 Å². The molecule has 1 heterocycles. The standard InChI is InChI=1S/C18H19F3N2O3.2ClH/c19-18(20,21)26-13-6-4-12(5-7-13)16(23-10-8-22-9-11-23)14-2-1-3-15(24)17(14)25;;/h1-7,16,22,24-25H,8-11H2;2*1H/t16-;;/m1../s1. The second kappa shape index (κ2) is 10.1. The Bertz CT molecular complexity index is 755. The van der Waals surface area contributed by atoms with E-state index in [1.165, 1.54) is 30.3 Å². The van der Waals surface area contributed by atoms with Crippen LogP contribution >= 0.6 is 24.8 Å². The first-order valence-electron chi connectivity index (χ1n) is 8.16. The SMILES string of the molecule is Cl.Cl.Oc1cccc([C@@H](c2ccc(OC(F)(F)F)cc2)N2CCNCC2)c1O. The molecule has 1 aliphatic rings. The van der Waals surface area contributed by atoms with Gasteiger partial charge in [-0.15, -0.1) is 38.0 Å². The molecule has 10 heteroatoms. The van der Waals surface area contributed by atoms with E-state index >= 15 is 0 Å². The molecule has 1 aliphatic heterocycles. The molecule has 1 fully saturated rings. The van der Waals surface area contributed by atoms with Gasteiger partial charge in [-0.1, -0.05) is 24.3 Å². The molecule has 1 atom stereocenters. The van der Waals surface area contributed by atoms with Crippen molar-refractivity contribution in [2.45, 2.75) is 12.4 Å². The van der Waals surface area contributed by atoms with Gasteiger partial charge in [0.15, 0.2) is 11.5 Å². The molecule has 3 N–H and O–H groups in total. The molecular weight excluding hydrogens is 420 g/mol. The van der Waals surface area contributed by atoms with Crippen molar-refractivity contribution in [2.24, 2.45) is 0 Å². The van der Waals surface area contributed by atoms with Crippen molar-refractivity contribution in [3.8, 4) is 17.2 Å². The number of piperazine rings is 1. The van der Waals surface area contributed by atoms with Gasteiger partial charge in [-0.05, 0) is 23.8 Å². The van der Waals surface area contributed by atoms with E-state index in [2.05, 4.69) is 15.0 Å². The highest BCUT2D eigenvalue weighted by atomic mass is 35.5. The summed E-state index contributed by atoms with van der Waals surface area (Å²) in [6.45, 7) is 2.90. The zero-order valence-corrected chi connectivity index (χ0v) is 16.3. The Balaban J connectivity index is 0.00000196. The molecule has 5 nitrogen and oxygen atoms in total. The molecule has 0 aromatic heterocycles. The van der Waals surface area contributed by atoms with Gasteiger partial charge in [0.1, 0.15) is 5.75 Å². The minimum absolute atomic E-state index is 0. The van der Waals surface area contributed by atoms with Crippen molar-refractivity contribution < 1.29 is 28.1 Å². The highest BCUT2D eigenvalue weighted by Crippen LogP contribution is 2.39. The quantitative estimate of drug-likeness (QED) is 0.630. The average Bonchev–Trinajstić information content (AvgIpc) is 2.60. The van der Waals surface area contributed by atoms with Crippen LogP contribution in [0, 0.1) is 0 Å². The van der Waals surface area contributed by atoms with Crippen molar-refractivity contribution in [2.75, 3.05) is 26.2 Å². The Hall–Kier alpha value is -1.87. The van der Waals surface area contributed by atoms with Crippen molar-refractivity contribution in [3.63, 3.8) is 0 Å². The van der Waals surface area contributed by atoms with Crippen LogP contribution in [-0.2, 0) is 0 Å². The summed E-state index contributed by atoms with van der Waals surface area (Å²) in [5, 5.41) is 23.4. The highest BCUT2D eigenvalue weighted by molar-refractivity contribution is 5.85. The second-order valence-corrected chi connectivity index (χ2v) is 6.02. The predicted molar refractivity (Wildman–Crippen MR) is 104 cm³/mol. The van der Waals surface area contributed by atoms with Gasteiger partial charge in [0.05, 0.1) is 6.04 Å². The van der Waals surface area contributed by atoms with E-state index in [1.54, 1.807) is 12.1 Å². The van der Waals surface area contributed by atoms with Crippen LogP contribution in [-0.4, -0.2) is 47.7 Å². The second-order valence-electron chi connectivity index (χ2n) is 6.02. The van der Waals surface area contributed by atoms with Gasteiger partial charge >= 0.3 is 6.36 Å². The molecule has 0 spiro atoms. The van der Waals surface area contributed by atoms with E-state index in [-0.39, 0.29) is 42.1 Å². The number of halogens is 5. The van der Waals surface area contributed by atoms with Crippen LogP contribution in [0.2, 0.25) is 0 Å². The van der Waals surface area contributed by atoms with Crippen molar-refractivity contribution in [1.29, 1.82) is 0 Å². The molecule has 1 saturated heterocycles. The fourth-order valence-electron chi connectivity index (χ4n) is 3.15. The summed E-state index contributed by atoms with van der Waals surface area (Å²) >= 11 is 0. The number of hydrogen-bond donors (Lipinski definition) is 3. The largest absolute Gasteiger partial charge is 0.573 e. The number of alkyl halides is 3. The van der Waals surface area contributed by atoms with Gasteiger partial charge in [-0.3, -0.25) is 4.90 Å². The van der Waals surface area contributed by atoms with Gasteiger partial charge in [0, 0.05) is 31.7 Å². The highest BCUT2D eigenvalue weighted by Gasteiger charge is 2.31. The fourth-order valence-corrected chi connectivity index (χ4v) is 3.15. The molecule has 3 rings (SSSR count). The summed E-state index contributed by atoms with van der Waals surface area (Å²) in [4.78, 5) is 2.10. The number of rotatable bonds is 4. The molecule has 2 aromatic rings. The minimum atomic E-state index is -4.75. The summed E-state index contributed by atoms with van der Waals surface area (Å²) in [5.41, 5.74) is 1.19. The first-order valence-corrected chi connectivity index (χ1v) is 8.16. The van der Waals surface area contributed by atoms with E-state index in [9.17, 15) is 23.4 Å². The van der Waals surface area contributed by atoms with Gasteiger partial charge in [-0.2, -0.15) is 0 Å². The summed E-state index contributed by atoms with van der Waals surface area (Å²) in [6, 6.07) is 9.88. The van der Waals surface area contributed by atoms with Gasteiger partial charge in [0.25, 0.3) is 0 Å². The molecule has 2 aromatic carbocycles. The Kier molecular flexibility index (Phi) is 8.69. The number of ether oxygens (including phenoxy) is 1. The monoisotopic (exact) mass is 440 g/mol. The number of phenols is 2. The Labute approximate surface area is 172 Å². The van der Waals surface area contributed by atoms with Gasteiger partial charge < -0.3 is 20.3 Å². The van der Waals surface area contributed by atoms with Crippen molar-refractivity contribution in [1.82, 2.24) is 10.2 Å². The maximum Gasteiger partial charge on any atom is 0.573 e. The summed E-state index contributed by atoms with van der Waals surface area (Å²) in [6.07, 6.45) is -4.75. The third-order valence-corrected chi connectivity index (χ3v) is 4.29. The smallest absolute Gasteiger partial charge is 0.504 e. The number of aromatic hydroxyl groups is 2. The molecule has 0 amide bonds. The lowest BCUT2D eigenvalue weighted by atomic mass is 9.95. The van der Waals surface area contributed by atoms with Crippen LogP contribution in [0.1, 0.15) is 17.2 Å². The lowest BCUT2D eigenvalue weighted by molar-refractivity contribution is -0.274. The molecule has 28 heavy (non-hydrogen) atoms. The topological polar surface area (TPSA) is 65.0 Å². The van der Waals surface area contributed by atoms with Crippen molar-refractivity contribution in [3.05, 3.63) is 53.6 Å². The van der Waals surface area contributed by atoms with Gasteiger partial charge in [-0.25, -0.2) is 0 Å². The average molecular weight is 441 g/mol. The van der Waals surface area contributed by atoms with E-state index in [4.69, 9.17) is 0 Å². The Morgan fingerprint density at radius 3 is 2.14 bits per heavy atom. The predicted octanol–water partition coefficient (Wildman–Crippen LogP) is 3.83. The zero-order chi connectivity index (χ0) is 18.7. The lowest BCUT2D eigenvalue weighted by Crippen LogP contribution is -2.45. The third kappa shape index (κ3) is 5.81. The fraction of sp³-hybridized carbons (Fsp3) is 0.333. The number of benzene rings is 2.